The van der Waals surface area contributed by atoms with Crippen LogP contribution in [0.5, 0.6) is 0 Å². The van der Waals surface area contributed by atoms with Crippen LogP contribution in [0.3, 0.4) is 0 Å². The Labute approximate surface area is 89.5 Å². The summed E-state index contributed by atoms with van der Waals surface area (Å²) >= 11 is 0. The fraction of sp³-hybridized carbons (Fsp3) is 0.308. The van der Waals surface area contributed by atoms with Crippen molar-refractivity contribution < 1.29 is 4.79 Å². The third kappa shape index (κ3) is 1.29. The molecular weight excluding hydrogens is 186 g/mol. The van der Waals surface area contributed by atoms with E-state index in [9.17, 15) is 4.79 Å². The highest BCUT2D eigenvalue weighted by molar-refractivity contribution is 5.95. The van der Waals surface area contributed by atoms with Crippen molar-refractivity contribution in [1.82, 2.24) is 4.57 Å². The highest BCUT2D eigenvalue weighted by Gasteiger charge is 2.12. The van der Waals surface area contributed by atoms with E-state index in [4.69, 9.17) is 0 Å². The maximum Gasteiger partial charge on any atom is 0.166 e. The van der Waals surface area contributed by atoms with Gasteiger partial charge in [-0.3, -0.25) is 4.79 Å². The van der Waals surface area contributed by atoms with Crippen LogP contribution in [0, 0.1) is 20.8 Å². The molecule has 0 N–H and O–H groups in total. The van der Waals surface area contributed by atoms with Crippen LogP contribution in [-0.2, 0) is 7.05 Å². The van der Waals surface area contributed by atoms with Gasteiger partial charge in [-0.1, -0.05) is 6.07 Å². The number of aromatic nitrogens is 1. The highest BCUT2D eigenvalue weighted by atomic mass is 16.1. The lowest BCUT2D eigenvalue weighted by Crippen LogP contribution is -1.94. The zero-order valence-electron chi connectivity index (χ0n) is 9.59. The highest BCUT2D eigenvalue weighted by Crippen LogP contribution is 2.27. The summed E-state index contributed by atoms with van der Waals surface area (Å²) in [6, 6.07) is 4.28. The Hall–Kier alpha value is -1.57. The second-order valence-electron chi connectivity index (χ2n) is 4.16. The zero-order chi connectivity index (χ0) is 11.2. The van der Waals surface area contributed by atoms with Crippen molar-refractivity contribution in [3.05, 3.63) is 34.5 Å². The summed E-state index contributed by atoms with van der Waals surface area (Å²) in [5, 5.41) is 1.21. The monoisotopic (exact) mass is 201 g/mol. The van der Waals surface area contributed by atoms with E-state index < -0.39 is 0 Å². The second kappa shape index (κ2) is 3.23. The summed E-state index contributed by atoms with van der Waals surface area (Å²) in [4.78, 5) is 11.0. The molecule has 0 radical (unpaired) electrons. The van der Waals surface area contributed by atoms with E-state index in [1.54, 1.807) is 0 Å². The molecule has 2 heteroatoms. The number of fused-ring (bicyclic) bond motifs is 1. The fourth-order valence-electron chi connectivity index (χ4n) is 2.37. The number of aldehydes is 1. The Morgan fingerprint density at radius 1 is 1.20 bits per heavy atom. The first kappa shape index (κ1) is 9.97. The second-order valence-corrected chi connectivity index (χ2v) is 4.16. The summed E-state index contributed by atoms with van der Waals surface area (Å²) in [5.41, 5.74) is 5.48. The van der Waals surface area contributed by atoms with Crippen molar-refractivity contribution in [3.63, 3.8) is 0 Å². The maximum atomic E-state index is 11.0. The Balaban J connectivity index is 3.01. The lowest BCUT2D eigenvalue weighted by Gasteiger charge is -2.02. The molecule has 0 aliphatic heterocycles. The average Bonchev–Trinajstić information content (AvgIpc) is 2.39. The summed E-state index contributed by atoms with van der Waals surface area (Å²) in [5.74, 6) is 0. The Morgan fingerprint density at radius 3 is 2.47 bits per heavy atom. The van der Waals surface area contributed by atoms with Gasteiger partial charge in [0.15, 0.2) is 6.29 Å². The van der Waals surface area contributed by atoms with Crippen LogP contribution >= 0.6 is 0 Å². The molecule has 1 heterocycles. The molecule has 0 unspecified atom stereocenters. The van der Waals surface area contributed by atoms with Gasteiger partial charge in [-0.15, -0.1) is 0 Å². The van der Waals surface area contributed by atoms with Crippen LogP contribution in [0.25, 0.3) is 10.9 Å². The van der Waals surface area contributed by atoms with Gasteiger partial charge in [-0.25, -0.2) is 0 Å². The largest absolute Gasteiger partial charge is 0.341 e. The number of benzene rings is 1. The molecule has 2 rings (SSSR count). The molecule has 0 amide bonds. The molecule has 0 aliphatic carbocycles. The topological polar surface area (TPSA) is 22.0 Å². The molecule has 0 aliphatic rings. The lowest BCUT2D eigenvalue weighted by molar-refractivity contribution is 0.111. The molecule has 1 aromatic carbocycles. The normalized spacial score (nSPS) is 10.9. The van der Waals surface area contributed by atoms with E-state index >= 15 is 0 Å². The quantitative estimate of drug-likeness (QED) is 0.650. The molecule has 0 bridgehead atoms. The van der Waals surface area contributed by atoms with Crippen LogP contribution in [0.4, 0.5) is 0 Å². The van der Waals surface area contributed by atoms with Gasteiger partial charge in [0, 0.05) is 18.0 Å². The van der Waals surface area contributed by atoms with Crippen LogP contribution in [0.2, 0.25) is 0 Å². The van der Waals surface area contributed by atoms with Crippen LogP contribution < -0.4 is 0 Å². The number of aryl methyl sites for hydroxylation is 4. The summed E-state index contributed by atoms with van der Waals surface area (Å²) in [6.07, 6.45) is 0.935. The predicted molar refractivity (Wildman–Crippen MR) is 62.5 cm³/mol. The van der Waals surface area contributed by atoms with E-state index in [1.807, 2.05) is 18.5 Å². The summed E-state index contributed by atoms with van der Waals surface area (Å²) < 4.78 is 1.97. The van der Waals surface area contributed by atoms with Gasteiger partial charge < -0.3 is 4.57 Å². The van der Waals surface area contributed by atoms with Crippen molar-refractivity contribution in [1.29, 1.82) is 0 Å². The number of carbonyl (C=O) groups excluding carboxylic acids is 1. The molecule has 0 saturated heterocycles. The predicted octanol–water partition coefficient (Wildman–Crippen LogP) is 2.92. The van der Waals surface area contributed by atoms with E-state index in [-0.39, 0.29) is 0 Å². The van der Waals surface area contributed by atoms with E-state index in [2.05, 4.69) is 26.0 Å². The number of hydrogen-bond acceptors (Lipinski definition) is 1. The summed E-state index contributed by atoms with van der Waals surface area (Å²) in [6.45, 7) is 6.18. The summed E-state index contributed by atoms with van der Waals surface area (Å²) in [7, 11) is 1.94. The van der Waals surface area contributed by atoms with Gasteiger partial charge in [0.2, 0.25) is 0 Å². The van der Waals surface area contributed by atoms with E-state index in [1.165, 1.54) is 16.5 Å². The first-order valence-corrected chi connectivity index (χ1v) is 5.07. The van der Waals surface area contributed by atoms with Crippen LogP contribution in [0.15, 0.2) is 12.1 Å². The molecule has 2 nitrogen and oxygen atoms in total. The molecule has 0 spiro atoms. The molecule has 0 saturated carbocycles. The van der Waals surface area contributed by atoms with Gasteiger partial charge in [-0.05, 0) is 43.5 Å². The third-order valence-electron chi connectivity index (χ3n) is 3.05. The first-order chi connectivity index (χ1) is 7.06. The smallest absolute Gasteiger partial charge is 0.166 e. The van der Waals surface area contributed by atoms with Gasteiger partial charge in [0.25, 0.3) is 0 Å². The molecular formula is C13H15NO. The zero-order valence-corrected chi connectivity index (χ0v) is 9.59. The molecule has 0 atom stereocenters. The van der Waals surface area contributed by atoms with E-state index in [0.29, 0.717) is 0 Å². The van der Waals surface area contributed by atoms with E-state index in [0.717, 1.165) is 23.1 Å². The molecule has 15 heavy (non-hydrogen) atoms. The first-order valence-electron chi connectivity index (χ1n) is 5.07. The van der Waals surface area contributed by atoms with Crippen molar-refractivity contribution in [3.8, 4) is 0 Å². The van der Waals surface area contributed by atoms with Crippen molar-refractivity contribution in [2.75, 3.05) is 0 Å². The minimum absolute atomic E-state index is 0.777. The minimum Gasteiger partial charge on any atom is -0.341 e. The standard InChI is InChI=1S/C13H15NO/c1-8-5-9(2)13-10(3)12(7-15)14(4)11(13)6-8/h5-7H,1-4H3. The van der Waals surface area contributed by atoms with Crippen molar-refractivity contribution in [2.45, 2.75) is 20.8 Å². The number of carbonyl (C=O) groups is 1. The Bertz CT molecular complexity index is 549. The number of rotatable bonds is 1. The minimum atomic E-state index is 0.777. The lowest BCUT2D eigenvalue weighted by atomic mass is 10.0. The third-order valence-corrected chi connectivity index (χ3v) is 3.05. The Kier molecular flexibility index (Phi) is 2.14. The molecule has 78 valence electrons. The van der Waals surface area contributed by atoms with Crippen LogP contribution in [0.1, 0.15) is 27.2 Å². The molecule has 2 aromatic rings. The van der Waals surface area contributed by atoms with Gasteiger partial charge in [-0.2, -0.15) is 0 Å². The number of hydrogen-bond donors (Lipinski definition) is 0. The SMILES string of the molecule is Cc1cc(C)c2c(C)c(C=O)n(C)c2c1. The molecule has 1 aromatic heterocycles. The van der Waals surface area contributed by atoms with Crippen LogP contribution in [-0.4, -0.2) is 10.9 Å². The van der Waals surface area contributed by atoms with Gasteiger partial charge in [0.1, 0.15) is 0 Å². The number of nitrogens with zero attached hydrogens (tertiary/aromatic N) is 1. The van der Waals surface area contributed by atoms with Crippen molar-refractivity contribution >= 4 is 17.2 Å². The van der Waals surface area contributed by atoms with Gasteiger partial charge >= 0.3 is 0 Å². The van der Waals surface area contributed by atoms with Crippen molar-refractivity contribution in [2.24, 2.45) is 7.05 Å². The Morgan fingerprint density at radius 2 is 1.87 bits per heavy atom. The van der Waals surface area contributed by atoms with Gasteiger partial charge in [0.05, 0.1) is 5.69 Å². The molecule has 0 fully saturated rings. The average molecular weight is 201 g/mol. The fourth-order valence-corrected chi connectivity index (χ4v) is 2.37. The maximum absolute atomic E-state index is 11.0.